The molecule has 26 heavy (non-hydrogen) atoms. The number of amides is 1. The van der Waals surface area contributed by atoms with Crippen LogP contribution in [-0.2, 0) is 9.53 Å². The summed E-state index contributed by atoms with van der Waals surface area (Å²) in [6.45, 7) is 7.88. The minimum absolute atomic E-state index is 0.100. The van der Waals surface area contributed by atoms with Crippen LogP contribution in [0.5, 0.6) is 0 Å². The van der Waals surface area contributed by atoms with Gasteiger partial charge in [0.2, 0.25) is 0 Å². The van der Waals surface area contributed by atoms with Crippen molar-refractivity contribution in [1.29, 1.82) is 0 Å². The first-order valence-electron chi connectivity index (χ1n) is 8.69. The van der Waals surface area contributed by atoms with Crippen molar-refractivity contribution in [2.45, 2.75) is 34.1 Å². The molecule has 1 aromatic carbocycles. The number of ether oxygens (including phenoxy) is 1. The van der Waals surface area contributed by atoms with E-state index in [1.54, 1.807) is 13.8 Å². The first-order chi connectivity index (χ1) is 12.4. The Hall–Kier alpha value is -2.89. The minimum atomic E-state index is -0.701. The number of aryl methyl sites for hydroxylation is 2. The third-order valence-corrected chi connectivity index (χ3v) is 3.98. The maximum atomic E-state index is 12.7. The molecule has 0 spiro atoms. The SMILES string of the molecule is CCCNC(=O)C(=O)c1[nH]c(C)c(C(=O)OCC)c1-c1ccc(C)cc1. The van der Waals surface area contributed by atoms with Crippen LogP contribution in [0.25, 0.3) is 11.1 Å². The molecule has 2 rings (SSSR count). The summed E-state index contributed by atoms with van der Waals surface area (Å²) in [4.78, 5) is 40.2. The molecule has 1 aromatic heterocycles. The van der Waals surface area contributed by atoms with Crippen molar-refractivity contribution in [3.63, 3.8) is 0 Å². The second-order valence-corrected chi connectivity index (χ2v) is 6.05. The van der Waals surface area contributed by atoms with E-state index in [-0.39, 0.29) is 17.9 Å². The summed E-state index contributed by atoms with van der Waals surface area (Å²) in [5, 5.41) is 2.58. The number of esters is 1. The number of aromatic nitrogens is 1. The van der Waals surface area contributed by atoms with Gasteiger partial charge in [-0.05, 0) is 32.8 Å². The van der Waals surface area contributed by atoms with Crippen LogP contribution >= 0.6 is 0 Å². The van der Waals surface area contributed by atoms with E-state index >= 15 is 0 Å². The molecule has 1 amide bonds. The normalized spacial score (nSPS) is 10.5. The minimum Gasteiger partial charge on any atom is -0.462 e. The van der Waals surface area contributed by atoms with Gasteiger partial charge in [0.05, 0.1) is 12.2 Å². The molecule has 2 aromatic rings. The number of H-pyrrole nitrogens is 1. The molecule has 0 unspecified atom stereocenters. The lowest BCUT2D eigenvalue weighted by Gasteiger charge is -2.08. The molecule has 0 aliphatic carbocycles. The Morgan fingerprint density at radius 2 is 1.73 bits per heavy atom. The van der Waals surface area contributed by atoms with Gasteiger partial charge >= 0.3 is 5.97 Å². The van der Waals surface area contributed by atoms with Crippen molar-refractivity contribution in [1.82, 2.24) is 10.3 Å². The van der Waals surface area contributed by atoms with Gasteiger partial charge in [0.1, 0.15) is 5.69 Å². The predicted octanol–water partition coefficient (Wildman–Crippen LogP) is 3.18. The number of benzene rings is 1. The topological polar surface area (TPSA) is 88.3 Å². The van der Waals surface area contributed by atoms with Gasteiger partial charge in [0.15, 0.2) is 0 Å². The molecule has 0 bridgehead atoms. The van der Waals surface area contributed by atoms with E-state index in [0.717, 1.165) is 12.0 Å². The summed E-state index contributed by atoms with van der Waals surface area (Å²) in [6, 6.07) is 7.42. The lowest BCUT2D eigenvalue weighted by atomic mass is 9.97. The van der Waals surface area contributed by atoms with E-state index in [0.29, 0.717) is 23.4 Å². The number of hydrogen-bond acceptors (Lipinski definition) is 4. The summed E-state index contributed by atoms with van der Waals surface area (Å²) in [7, 11) is 0. The van der Waals surface area contributed by atoms with Crippen LogP contribution in [0, 0.1) is 13.8 Å². The zero-order valence-corrected chi connectivity index (χ0v) is 15.6. The number of hydrogen-bond donors (Lipinski definition) is 2. The molecule has 6 heteroatoms. The van der Waals surface area contributed by atoms with E-state index in [9.17, 15) is 14.4 Å². The lowest BCUT2D eigenvalue weighted by molar-refractivity contribution is -0.117. The van der Waals surface area contributed by atoms with Crippen molar-refractivity contribution in [2.75, 3.05) is 13.2 Å². The maximum Gasteiger partial charge on any atom is 0.340 e. The van der Waals surface area contributed by atoms with Crippen LogP contribution in [0.4, 0.5) is 0 Å². The highest BCUT2D eigenvalue weighted by Crippen LogP contribution is 2.31. The van der Waals surface area contributed by atoms with E-state index in [1.165, 1.54) is 0 Å². The second-order valence-electron chi connectivity index (χ2n) is 6.05. The summed E-state index contributed by atoms with van der Waals surface area (Å²) in [5.74, 6) is -1.92. The first kappa shape index (κ1) is 19.4. The third-order valence-electron chi connectivity index (χ3n) is 3.98. The van der Waals surface area contributed by atoms with E-state index in [4.69, 9.17) is 4.74 Å². The van der Waals surface area contributed by atoms with Crippen LogP contribution in [0.2, 0.25) is 0 Å². The van der Waals surface area contributed by atoms with Gasteiger partial charge in [0, 0.05) is 17.8 Å². The zero-order chi connectivity index (χ0) is 19.3. The average Bonchev–Trinajstić information content (AvgIpc) is 2.97. The van der Waals surface area contributed by atoms with E-state index < -0.39 is 17.7 Å². The van der Waals surface area contributed by atoms with Gasteiger partial charge in [-0.1, -0.05) is 36.8 Å². The number of nitrogens with one attached hydrogen (secondary N) is 2. The number of Topliss-reactive ketones (excluding diaryl/α,β-unsaturated/α-hetero) is 1. The Bertz CT molecular complexity index is 819. The number of aromatic amines is 1. The molecule has 138 valence electrons. The summed E-state index contributed by atoms with van der Waals surface area (Å²) < 4.78 is 5.14. The highest BCUT2D eigenvalue weighted by Gasteiger charge is 2.29. The Morgan fingerprint density at radius 1 is 1.08 bits per heavy atom. The van der Waals surface area contributed by atoms with E-state index in [2.05, 4.69) is 10.3 Å². The fourth-order valence-corrected chi connectivity index (χ4v) is 2.69. The number of carbonyl (C=O) groups is 3. The Kier molecular flexibility index (Phi) is 6.33. The second kappa shape index (κ2) is 8.47. The third kappa shape index (κ3) is 4.02. The number of ketones is 1. The van der Waals surface area contributed by atoms with Crippen LogP contribution in [0.15, 0.2) is 24.3 Å². The molecule has 0 atom stereocenters. The first-order valence-corrected chi connectivity index (χ1v) is 8.69. The molecule has 0 saturated carbocycles. The Labute approximate surface area is 152 Å². The monoisotopic (exact) mass is 356 g/mol. The Morgan fingerprint density at radius 3 is 2.31 bits per heavy atom. The highest BCUT2D eigenvalue weighted by molar-refractivity contribution is 6.43. The molecule has 0 radical (unpaired) electrons. The molecule has 0 aliphatic heterocycles. The molecule has 0 aliphatic rings. The molecular weight excluding hydrogens is 332 g/mol. The number of carbonyl (C=O) groups excluding carboxylic acids is 3. The van der Waals surface area contributed by atoms with Crippen LogP contribution in [0.3, 0.4) is 0 Å². The standard InChI is InChI=1S/C20H24N2O4/c1-5-11-21-19(24)18(23)17-16(14-9-7-12(3)8-10-14)15(13(4)22-17)20(25)26-6-2/h7-10,22H,5-6,11H2,1-4H3,(H,21,24). The van der Waals surface area contributed by atoms with Crippen molar-refractivity contribution < 1.29 is 19.1 Å². The van der Waals surface area contributed by atoms with Gasteiger partial charge in [-0.2, -0.15) is 0 Å². The van der Waals surface area contributed by atoms with Gasteiger partial charge in [-0.25, -0.2) is 4.79 Å². The lowest BCUT2D eigenvalue weighted by Crippen LogP contribution is -2.32. The highest BCUT2D eigenvalue weighted by atomic mass is 16.5. The van der Waals surface area contributed by atoms with Crippen molar-refractivity contribution in [2.24, 2.45) is 0 Å². The Balaban J connectivity index is 2.59. The van der Waals surface area contributed by atoms with Gasteiger partial charge in [-0.15, -0.1) is 0 Å². The maximum absolute atomic E-state index is 12.7. The quantitative estimate of drug-likeness (QED) is 0.453. The fraction of sp³-hybridized carbons (Fsp3) is 0.350. The van der Waals surface area contributed by atoms with E-state index in [1.807, 2.05) is 38.1 Å². The van der Waals surface area contributed by atoms with Gasteiger partial charge in [-0.3, -0.25) is 9.59 Å². The van der Waals surface area contributed by atoms with Gasteiger partial charge in [0.25, 0.3) is 11.7 Å². The molecular formula is C20H24N2O4. The molecule has 0 fully saturated rings. The predicted molar refractivity (Wildman–Crippen MR) is 99.3 cm³/mol. The summed E-state index contributed by atoms with van der Waals surface area (Å²) >= 11 is 0. The average molecular weight is 356 g/mol. The van der Waals surface area contributed by atoms with Crippen molar-refractivity contribution >= 4 is 17.7 Å². The van der Waals surface area contributed by atoms with Crippen LogP contribution < -0.4 is 5.32 Å². The largest absolute Gasteiger partial charge is 0.462 e. The summed E-state index contributed by atoms with van der Waals surface area (Å²) in [6.07, 6.45) is 0.724. The van der Waals surface area contributed by atoms with Crippen LogP contribution in [0.1, 0.15) is 52.4 Å². The smallest absolute Gasteiger partial charge is 0.340 e. The molecule has 1 heterocycles. The number of rotatable bonds is 7. The molecule has 2 N–H and O–H groups in total. The van der Waals surface area contributed by atoms with Crippen LogP contribution in [-0.4, -0.2) is 35.8 Å². The zero-order valence-electron chi connectivity index (χ0n) is 15.6. The van der Waals surface area contributed by atoms with Gasteiger partial charge < -0.3 is 15.0 Å². The molecule has 0 saturated heterocycles. The van der Waals surface area contributed by atoms with Crippen molar-refractivity contribution in [3.05, 3.63) is 46.8 Å². The van der Waals surface area contributed by atoms with Crippen molar-refractivity contribution in [3.8, 4) is 11.1 Å². The fourth-order valence-electron chi connectivity index (χ4n) is 2.69. The summed E-state index contributed by atoms with van der Waals surface area (Å²) in [5.41, 5.74) is 3.00. The molecule has 6 nitrogen and oxygen atoms in total.